The molecule has 3 aromatic rings. The quantitative estimate of drug-likeness (QED) is 0.663. The second kappa shape index (κ2) is 7.42. The summed E-state index contributed by atoms with van der Waals surface area (Å²) in [6.07, 6.45) is 3.01. The Hall–Kier alpha value is -2.46. The largest absolute Gasteiger partial charge is 0.492 e. The van der Waals surface area contributed by atoms with E-state index in [1.165, 1.54) is 25.6 Å². The Labute approximate surface area is 153 Å². The third-order valence-corrected chi connectivity index (χ3v) is 5.03. The van der Waals surface area contributed by atoms with E-state index < -0.39 is 0 Å². The number of halogens is 1. The SMILES string of the molecule is CC1CCN(CCOc2ccc(-c3cnc4c(F)cccc4c3)cc2)C1. The second-order valence-corrected chi connectivity index (χ2v) is 7.10. The van der Waals surface area contributed by atoms with Gasteiger partial charge in [-0.1, -0.05) is 31.2 Å². The number of likely N-dealkylation sites (tertiary alicyclic amines) is 1. The zero-order valence-corrected chi connectivity index (χ0v) is 15.0. The first kappa shape index (κ1) is 17.0. The molecule has 0 radical (unpaired) electrons. The monoisotopic (exact) mass is 350 g/mol. The molecule has 3 nitrogen and oxygen atoms in total. The van der Waals surface area contributed by atoms with E-state index in [1.807, 2.05) is 36.4 Å². The molecule has 1 atom stereocenters. The fraction of sp³-hybridized carbons (Fsp3) is 0.318. The zero-order chi connectivity index (χ0) is 17.9. The first-order valence-electron chi connectivity index (χ1n) is 9.19. The molecule has 1 saturated heterocycles. The molecule has 1 aliphatic rings. The van der Waals surface area contributed by atoms with Crippen molar-refractivity contribution in [2.75, 3.05) is 26.2 Å². The third kappa shape index (κ3) is 3.70. The number of rotatable bonds is 5. The van der Waals surface area contributed by atoms with Crippen molar-refractivity contribution in [1.82, 2.24) is 9.88 Å². The number of hydrogen-bond donors (Lipinski definition) is 0. The molecule has 0 amide bonds. The van der Waals surface area contributed by atoms with Crippen molar-refractivity contribution in [3.63, 3.8) is 0 Å². The van der Waals surface area contributed by atoms with Gasteiger partial charge in [0.2, 0.25) is 0 Å². The van der Waals surface area contributed by atoms with Crippen LogP contribution in [0.25, 0.3) is 22.0 Å². The molecule has 0 saturated carbocycles. The Kier molecular flexibility index (Phi) is 4.85. The van der Waals surface area contributed by atoms with Gasteiger partial charge in [-0.15, -0.1) is 0 Å². The molecule has 1 fully saturated rings. The predicted molar refractivity (Wildman–Crippen MR) is 103 cm³/mol. The number of benzene rings is 2. The Morgan fingerprint density at radius 3 is 2.77 bits per heavy atom. The van der Waals surface area contributed by atoms with E-state index in [-0.39, 0.29) is 5.82 Å². The van der Waals surface area contributed by atoms with Crippen molar-refractivity contribution in [3.05, 3.63) is 60.5 Å². The van der Waals surface area contributed by atoms with E-state index in [9.17, 15) is 4.39 Å². The van der Waals surface area contributed by atoms with E-state index >= 15 is 0 Å². The molecule has 0 bridgehead atoms. The maximum atomic E-state index is 13.7. The van der Waals surface area contributed by atoms with Gasteiger partial charge >= 0.3 is 0 Å². The smallest absolute Gasteiger partial charge is 0.149 e. The minimum atomic E-state index is -0.287. The zero-order valence-electron chi connectivity index (χ0n) is 15.0. The van der Waals surface area contributed by atoms with Gasteiger partial charge in [-0.2, -0.15) is 0 Å². The highest BCUT2D eigenvalue weighted by atomic mass is 19.1. The molecule has 1 aliphatic heterocycles. The van der Waals surface area contributed by atoms with Crippen molar-refractivity contribution >= 4 is 10.9 Å². The van der Waals surface area contributed by atoms with Crippen molar-refractivity contribution in [2.24, 2.45) is 5.92 Å². The summed E-state index contributed by atoms with van der Waals surface area (Å²) in [6, 6.07) is 15.0. The molecule has 0 spiro atoms. The summed E-state index contributed by atoms with van der Waals surface area (Å²) in [6.45, 7) is 6.35. The molecular weight excluding hydrogens is 327 g/mol. The Morgan fingerprint density at radius 2 is 2.00 bits per heavy atom. The van der Waals surface area contributed by atoms with Crippen molar-refractivity contribution in [3.8, 4) is 16.9 Å². The molecule has 4 rings (SSSR count). The van der Waals surface area contributed by atoms with Crippen LogP contribution in [0.15, 0.2) is 54.7 Å². The summed E-state index contributed by atoms with van der Waals surface area (Å²) in [4.78, 5) is 6.72. The van der Waals surface area contributed by atoms with Gasteiger partial charge in [-0.25, -0.2) is 4.39 Å². The minimum Gasteiger partial charge on any atom is -0.492 e. The van der Waals surface area contributed by atoms with Gasteiger partial charge in [0.25, 0.3) is 0 Å². The van der Waals surface area contributed by atoms with E-state index in [0.29, 0.717) is 12.1 Å². The second-order valence-electron chi connectivity index (χ2n) is 7.10. The summed E-state index contributed by atoms with van der Waals surface area (Å²) in [7, 11) is 0. The van der Waals surface area contributed by atoms with Crippen LogP contribution in [0.3, 0.4) is 0 Å². The molecule has 134 valence electrons. The summed E-state index contributed by atoms with van der Waals surface area (Å²) >= 11 is 0. The molecule has 1 aromatic heterocycles. The van der Waals surface area contributed by atoms with Gasteiger partial charge in [0.15, 0.2) is 0 Å². The topological polar surface area (TPSA) is 25.4 Å². The molecule has 0 N–H and O–H groups in total. The van der Waals surface area contributed by atoms with Crippen LogP contribution in [0.5, 0.6) is 5.75 Å². The highest BCUT2D eigenvalue weighted by Gasteiger charge is 2.17. The Balaban J connectivity index is 1.41. The lowest BCUT2D eigenvalue weighted by molar-refractivity contribution is 0.234. The van der Waals surface area contributed by atoms with Crippen LogP contribution in [-0.2, 0) is 0 Å². The summed E-state index contributed by atoms with van der Waals surface area (Å²) in [5.74, 6) is 1.39. The average Bonchev–Trinajstić information content (AvgIpc) is 3.07. The van der Waals surface area contributed by atoms with Gasteiger partial charge in [0.05, 0.1) is 0 Å². The lowest BCUT2D eigenvalue weighted by Gasteiger charge is -2.15. The lowest BCUT2D eigenvalue weighted by atomic mass is 10.1. The molecule has 0 aliphatic carbocycles. The van der Waals surface area contributed by atoms with Crippen LogP contribution in [0.2, 0.25) is 0 Å². The van der Waals surface area contributed by atoms with E-state index in [1.54, 1.807) is 12.3 Å². The summed E-state index contributed by atoms with van der Waals surface area (Å²) in [5, 5.41) is 0.808. The highest BCUT2D eigenvalue weighted by molar-refractivity contribution is 5.83. The van der Waals surface area contributed by atoms with Crippen molar-refractivity contribution < 1.29 is 9.13 Å². The molecular formula is C22H23FN2O. The Bertz CT molecular complexity index is 894. The molecule has 2 aromatic carbocycles. The standard InChI is InChI=1S/C22H23FN2O/c1-16-9-10-25(15-16)11-12-26-20-7-5-17(6-8-20)19-13-18-3-2-4-21(23)22(18)24-14-19/h2-8,13-14,16H,9-12,15H2,1H3. The molecule has 2 heterocycles. The van der Waals surface area contributed by atoms with Gasteiger partial charge in [0, 0.05) is 30.2 Å². The van der Waals surface area contributed by atoms with Gasteiger partial charge < -0.3 is 4.74 Å². The van der Waals surface area contributed by atoms with Gasteiger partial charge in [-0.05, 0) is 48.7 Å². The Morgan fingerprint density at radius 1 is 1.15 bits per heavy atom. The third-order valence-electron chi connectivity index (χ3n) is 5.03. The number of aromatic nitrogens is 1. The summed E-state index contributed by atoms with van der Waals surface area (Å²) < 4.78 is 19.6. The van der Waals surface area contributed by atoms with Crippen LogP contribution in [0, 0.1) is 11.7 Å². The fourth-order valence-corrected chi connectivity index (χ4v) is 3.55. The van der Waals surface area contributed by atoms with Crippen LogP contribution in [-0.4, -0.2) is 36.1 Å². The molecule has 4 heteroatoms. The van der Waals surface area contributed by atoms with E-state index in [0.717, 1.165) is 34.7 Å². The predicted octanol–water partition coefficient (Wildman–Crippen LogP) is 4.76. The first-order chi connectivity index (χ1) is 12.7. The maximum absolute atomic E-state index is 13.7. The minimum absolute atomic E-state index is 0.287. The lowest BCUT2D eigenvalue weighted by Crippen LogP contribution is -2.25. The number of pyridine rings is 1. The van der Waals surface area contributed by atoms with Crippen molar-refractivity contribution in [2.45, 2.75) is 13.3 Å². The number of fused-ring (bicyclic) bond motifs is 1. The average molecular weight is 350 g/mol. The number of para-hydroxylation sites is 1. The van der Waals surface area contributed by atoms with Gasteiger partial charge in [0.1, 0.15) is 23.7 Å². The maximum Gasteiger partial charge on any atom is 0.149 e. The number of hydrogen-bond acceptors (Lipinski definition) is 3. The molecule has 1 unspecified atom stereocenters. The van der Waals surface area contributed by atoms with Crippen LogP contribution in [0.4, 0.5) is 4.39 Å². The highest BCUT2D eigenvalue weighted by Crippen LogP contribution is 2.25. The van der Waals surface area contributed by atoms with Crippen LogP contribution < -0.4 is 4.74 Å². The molecule has 26 heavy (non-hydrogen) atoms. The van der Waals surface area contributed by atoms with E-state index in [2.05, 4.69) is 16.8 Å². The fourth-order valence-electron chi connectivity index (χ4n) is 3.55. The van der Waals surface area contributed by atoms with Crippen LogP contribution >= 0.6 is 0 Å². The van der Waals surface area contributed by atoms with Gasteiger partial charge in [-0.3, -0.25) is 9.88 Å². The van der Waals surface area contributed by atoms with E-state index in [4.69, 9.17) is 4.74 Å². The number of nitrogens with zero attached hydrogens (tertiary/aromatic N) is 2. The first-order valence-corrected chi connectivity index (χ1v) is 9.19. The van der Waals surface area contributed by atoms with Crippen LogP contribution in [0.1, 0.15) is 13.3 Å². The number of ether oxygens (including phenoxy) is 1. The summed E-state index contributed by atoms with van der Waals surface area (Å²) in [5.41, 5.74) is 2.43. The van der Waals surface area contributed by atoms with Crippen molar-refractivity contribution in [1.29, 1.82) is 0 Å². The normalized spacial score (nSPS) is 17.7.